The highest BCUT2D eigenvalue weighted by Gasteiger charge is 2.27. The molecular weight excluding hydrogens is 421 g/mol. The number of H-pyrrole nitrogens is 1. The number of halogens is 1. The summed E-state index contributed by atoms with van der Waals surface area (Å²) in [6.45, 7) is 0.00590. The number of hydrogen-bond donors (Lipinski definition) is 4. The molecule has 2 heterocycles. The number of carbonyl (C=O) groups excluding carboxylic acids is 1. The second-order valence-corrected chi connectivity index (χ2v) is 9.44. The van der Waals surface area contributed by atoms with Crippen molar-refractivity contribution >= 4 is 32.3 Å². The number of primary amides is 1. The molecule has 3 aromatic rings. The average Bonchev–Trinajstić information content (AvgIpc) is 3.33. The number of aromatic nitrogens is 2. The van der Waals surface area contributed by atoms with Crippen LogP contribution in [0.15, 0.2) is 46.8 Å². The summed E-state index contributed by atoms with van der Waals surface area (Å²) in [5.41, 5.74) is 6.21. The van der Waals surface area contributed by atoms with E-state index < -0.39 is 28.0 Å². The van der Waals surface area contributed by atoms with Crippen LogP contribution in [-0.2, 0) is 16.6 Å². The number of aromatic amines is 1. The number of benzene rings is 1. The first-order chi connectivity index (χ1) is 13.7. The van der Waals surface area contributed by atoms with E-state index in [1.54, 1.807) is 0 Å². The van der Waals surface area contributed by atoms with E-state index in [4.69, 9.17) is 5.73 Å². The second-order valence-electron chi connectivity index (χ2n) is 6.12. The number of carbonyl (C=O) groups is 1. The Morgan fingerprint density at radius 3 is 2.66 bits per heavy atom. The number of nitrogens with two attached hydrogens (primary N) is 1. The molecule has 0 saturated heterocycles. The maximum absolute atomic E-state index is 13.0. The molecule has 0 saturated carbocycles. The van der Waals surface area contributed by atoms with Crippen molar-refractivity contribution in [3.8, 4) is 0 Å². The van der Waals surface area contributed by atoms with Crippen LogP contribution in [-0.4, -0.2) is 41.0 Å². The van der Waals surface area contributed by atoms with Crippen LogP contribution in [0.25, 0.3) is 0 Å². The Balaban J connectivity index is 1.86. The Labute approximate surface area is 170 Å². The largest absolute Gasteiger partial charge is 0.368 e. The van der Waals surface area contributed by atoms with Crippen molar-refractivity contribution in [3.63, 3.8) is 0 Å². The topological polar surface area (TPSA) is 141 Å². The summed E-state index contributed by atoms with van der Waals surface area (Å²) in [6, 6.07) is 8.13. The number of nitrogens with one attached hydrogen (secondary N) is 2. The molecule has 0 fully saturated rings. The van der Waals surface area contributed by atoms with Crippen molar-refractivity contribution in [2.75, 3.05) is 12.4 Å². The van der Waals surface area contributed by atoms with Gasteiger partial charge in [-0.2, -0.15) is 9.40 Å². The van der Waals surface area contributed by atoms with Crippen molar-refractivity contribution in [1.29, 1.82) is 0 Å². The van der Waals surface area contributed by atoms with Gasteiger partial charge in [0.1, 0.15) is 15.0 Å². The lowest BCUT2D eigenvalue weighted by Crippen LogP contribution is -2.25. The molecule has 0 bridgehead atoms. The second kappa shape index (κ2) is 8.29. The SMILES string of the molecule is CN(Cc1ccc(F)cc1)S(=O)(=O)c1cc(C(N)=O)c(NC(O)c2ccn[nH]2)s1. The van der Waals surface area contributed by atoms with Gasteiger partial charge in [-0.15, -0.1) is 11.3 Å². The minimum Gasteiger partial charge on any atom is -0.368 e. The molecule has 1 amide bonds. The van der Waals surface area contributed by atoms with E-state index in [-0.39, 0.29) is 21.3 Å². The van der Waals surface area contributed by atoms with Crippen molar-refractivity contribution in [2.45, 2.75) is 17.0 Å². The number of amides is 1. The number of anilines is 1. The predicted molar refractivity (Wildman–Crippen MR) is 105 cm³/mol. The molecular formula is C17H18FN5O4S2. The zero-order valence-electron chi connectivity index (χ0n) is 15.2. The van der Waals surface area contributed by atoms with Crippen LogP contribution in [0.1, 0.15) is 27.8 Å². The number of thiophene rings is 1. The molecule has 2 aromatic heterocycles. The zero-order chi connectivity index (χ0) is 21.2. The molecule has 1 aromatic carbocycles. The molecule has 1 atom stereocenters. The van der Waals surface area contributed by atoms with Crippen molar-refractivity contribution in [3.05, 3.63) is 65.2 Å². The quantitative estimate of drug-likeness (QED) is 0.393. The van der Waals surface area contributed by atoms with Gasteiger partial charge in [0.2, 0.25) is 0 Å². The third-order valence-electron chi connectivity index (χ3n) is 4.04. The molecule has 9 nitrogen and oxygen atoms in total. The van der Waals surface area contributed by atoms with Gasteiger partial charge < -0.3 is 16.2 Å². The monoisotopic (exact) mass is 439 g/mol. The lowest BCUT2D eigenvalue weighted by atomic mass is 10.2. The normalized spacial score (nSPS) is 12.8. The first-order valence-corrected chi connectivity index (χ1v) is 10.5. The van der Waals surface area contributed by atoms with E-state index in [9.17, 15) is 22.7 Å². The number of sulfonamides is 1. The molecule has 0 spiro atoms. The van der Waals surface area contributed by atoms with Gasteiger partial charge in [-0.3, -0.25) is 9.89 Å². The third kappa shape index (κ3) is 4.62. The number of nitrogens with zero attached hydrogens (tertiary/aromatic N) is 2. The molecule has 0 radical (unpaired) electrons. The molecule has 0 aliphatic rings. The van der Waals surface area contributed by atoms with Crippen LogP contribution < -0.4 is 11.1 Å². The Morgan fingerprint density at radius 1 is 1.38 bits per heavy atom. The third-order valence-corrected chi connectivity index (χ3v) is 7.36. The average molecular weight is 439 g/mol. The highest BCUT2D eigenvalue weighted by molar-refractivity contribution is 7.91. The Morgan fingerprint density at radius 2 is 2.07 bits per heavy atom. The van der Waals surface area contributed by atoms with E-state index in [1.807, 2.05) is 0 Å². The maximum atomic E-state index is 13.0. The number of aliphatic hydroxyl groups excluding tert-OH is 1. The van der Waals surface area contributed by atoms with Gasteiger partial charge in [-0.05, 0) is 29.8 Å². The van der Waals surface area contributed by atoms with Crippen molar-refractivity contribution in [1.82, 2.24) is 14.5 Å². The fraction of sp³-hybridized carbons (Fsp3) is 0.176. The van der Waals surface area contributed by atoms with E-state index in [2.05, 4.69) is 15.5 Å². The first kappa shape index (κ1) is 20.9. The van der Waals surface area contributed by atoms with Gasteiger partial charge in [0.25, 0.3) is 15.9 Å². The van der Waals surface area contributed by atoms with Crippen LogP contribution >= 0.6 is 11.3 Å². The highest BCUT2D eigenvalue weighted by atomic mass is 32.2. The highest BCUT2D eigenvalue weighted by Crippen LogP contribution is 2.34. The molecule has 0 aliphatic heterocycles. The van der Waals surface area contributed by atoms with Gasteiger partial charge in [0.05, 0.1) is 11.3 Å². The van der Waals surface area contributed by atoms with E-state index in [1.165, 1.54) is 43.6 Å². The Hall–Kier alpha value is -2.80. The molecule has 5 N–H and O–H groups in total. The summed E-state index contributed by atoms with van der Waals surface area (Å²) in [4.78, 5) is 11.8. The van der Waals surface area contributed by atoms with E-state index >= 15 is 0 Å². The summed E-state index contributed by atoms with van der Waals surface area (Å²) < 4.78 is 39.8. The van der Waals surface area contributed by atoms with Gasteiger partial charge >= 0.3 is 0 Å². The summed E-state index contributed by atoms with van der Waals surface area (Å²) in [5, 5.41) is 19.2. The van der Waals surface area contributed by atoms with Crippen LogP contribution in [0.5, 0.6) is 0 Å². The lowest BCUT2D eigenvalue weighted by molar-refractivity contribution is 0.100. The van der Waals surface area contributed by atoms with Crippen LogP contribution in [0.2, 0.25) is 0 Å². The summed E-state index contributed by atoms with van der Waals surface area (Å²) >= 11 is 0.766. The minimum atomic E-state index is -3.96. The number of aliphatic hydroxyl groups is 1. The molecule has 154 valence electrons. The van der Waals surface area contributed by atoms with Crippen LogP contribution in [0, 0.1) is 5.82 Å². The zero-order valence-corrected chi connectivity index (χ0v) is 16.8. The van der Waals surface area contributed by atoms with Gasteiger partial charge in [-0.25, -0.2) is 12.8 Å². The molecule has 1 unspecified atom stereocenters. The predicted octanol–water partition coefficient (Wildman–Crippen LogP) is 1.63. The number of hydrogen-bond acceptors (Lipinski definition) is 7. The van der Waals surface area contributed by atoms with E-state index in [0.717, 1.165) is 21.7 Å². The maximum Gasteiger partial charge on any atom is 0.252 e. The molecule has 0 aliphatic carbocycles. The summed E-state index contributed by atoms with van der Waals surface area (Å²) in [5.74, 6) is -1.27. The Bertz CT molecular complexity index is 1100. The standard InChI is InChI=1S/C17H18FN5O4S2/c1-23(9-10-2-4-11(18)5-3-10)29(26,27)14-8-12(15(19)24)17(28-14)21-16(25)13-6-7-20-22-13/h2-8,16,21,25H,9H2,1H3,(H2,19,24)(H,20,22). The van der Waals surface area contributed by atoms with Gasteiger partial charge in [0.15, 0.2) is 6.23 Å². The molecule has 29 heavy (non-hydrogen) atoms. The summed E-state index contributed by atoms with van der Waals surface area (Å²) in [6.07, 6.45) is 0.186. The fourth-order valence-corrected chi connectivity index (χ4v) is 5.26. The van der Waals surface area contributed by atoms with Crippen LogP contribution in [0.3, 0.4) is 0 Å². The van der Waals surface area contributed by atoms with Gasteiger partial charge in [-0.1, -0.05) is 12.1 Å². The molecule has 12 heteroatoms. The van der Waals surface area contributed by atoms with Crippen molar-refractivity contribution in [2.24, 2.45) is 5.73 Å². The van der Waals surface area contributed by atoms with Crippen LogP contribution in [0.4, 0.5) is 9.39 Å². The van der Waals surface area contributed by atoms with E-state index in [0.29, 0.717) is 11.3 Å². The molecule has 3 rings (SSSR count). The fourth-order valence-electron chi connectivity index (χ4n) is 2.49. The van der Waals surface area contributed by atoms with Crippen molar-refractivity contribution < 1.29 is 22.7 Å². The summed E-state index contributed by atoms with van der Waals surface area (Å²) in [7, 11) is -2.59. The smallest absolute Gasteiger partial charge is 0.252 e. The Kier molecular flexibility index (Phi) is 5.98. The lowest BCUT2D eigenvalue weighted by Gasteiger charge is -2.16. The van der Waals surface area contributed by atoms with Gasteiger partial charge in [0, 0.05) is 19.8 Å². The number of rotatable bonds is 8. The minimum absolute atomic E-state index is 0.00590. The first-order valence-electron chi connectivity index (χ1n) is 8.27.